The third-order valence-electron chi connectivity index (χ3n) is 3.88. The van der Waals surface area contributed by atoms with E-state index in [4.69, 9.17) is 11.6 Å². The summed E-state index contributed by atoms with van der Waals surface area (Å²) >= 11 is 6.40. The van der Waals surface area contributed by atoms with Crippen LogP contribution >= 0.6 is 11.6 Å². The van der Waals surface area contributed by atoms with Gasteiger partial charge in [0.15, 0.2) is 0 Å². The Labute approximate surface area is 128 Å². The lowest BCUT2D eigenvalue weighted by molar-refractivity contribution is -0.115. The molecule has 0 fully saturated rings. The molecule has 0 spiro atoms. The van der Waals surface area contributed by atoms with E-state index in [2.05, 4.69) is 5.32 Å². The summed E-state index contributed by atoms with van der Waals surface area (Å²) in [6.07, 6.45) is -0.460. The van der Waals surface area contributed by atoms with Gasteiger partial charge in [-0.2, -0.15) is 0 Å². The van der Waals surface area contributed by atoms with E-state index in [-0.39, 0.29) is 5.91 Å². The van der Waals surface area contributed by atoms with E-state index in [0.717, 1.165) is 27.9 Å². The third kappa shape index (κ3) is 2.43. The predicted octanol–water partition coefficient (Wildman–Crippen LogP) is 3.53. The lowest BCUT2D eigenvalue weighted by Gasteiger charge is -2.17. The normalized spacial score (nSPS) is 14.8. The zero-order valence-electron chi connectivity index (χ0n) is 11.9. The van der Waals surface area contributed by atoms with Crippen LogP contribution in [0.1, 0.15) is 33.9 Å². The van der Waals surface area contributed by atoms with Gasteiger partial charge in [0.05, 0.1) is 11.4 Å². The Balaban J connectivity index is 2.09. The van der Waals surface area contributed by atoms with Crippen LogP contribution in [0.4, 0.5) is 5.69 Å². The Kier molecular flexibility index (Phi) is 3.47. The Hall–Kier alpha value is -1.84. The van der Waals surface area contributed by atoms with Gasteiger partial charge in [0.25, 0.3) is 0 Å². The summed E-state index contributed by atoms with van der Waals surface area (Å²) in [5.74, 6) is -0.0358. The zero-order valence-corrected chi connectivity index (χ0v) is 12.7. The van der Waals surface area contributed by atoms with Crippen molar-refractivity contribution in [2.45, 2.75) is 26.4 Å². The van der Waals surface area contributed by atoms with Crippen LogP contribution in [0.15, 0.2) is 30.3 Å². The number of hydrogen-bond acceptors (Lipinski definition) is 2. The number of anilines is 1. The number of benzene rings is 2. The standard InChI is InChI=1S/C17H16ClNO2/c1-9-4-3-5-11(6-9)17(21)13-7-12-8-14(20)19-16(12)10(2)15(13)18/h3-7,17,21H,8H2,1-2H3,(H,19,20). The fraction of sp³-hybridized carbons (Fsp3) is 0.235. The lowest BCUT2D eigenvalue weighted by atomic mass is 9.95. The molecule has 1 amide bonds. The van der Waals surface area contributed by atoms with Gasteiger partial charge in [-0.15, -0.1) is 0 Å². The first kappa shape index (κ1) is 14.1. The van der Waals surface area contributed by atoms with Gasteiger partial charge in [-0.3, -0.25) is 4.79 Å². The molecule has 3 nitrogen and oxygen atoms in total. The predicted molar refractivity (Wildman–Crippen MR) is 83.8 cm³/mol. The van der Waals surface area contributed by atoms with Crippen molar-refractivity contribution < 1.29 is 9.90 Å². The van der Waals surface area contributed by atoms with E-state index < -0.39 is 6.10 Å². The molecule has 0 radical (unpaired) electrons. The number of hydrogen-bond donors (Lipinski definition) is 2. The first-order chi connectivity index (χ1) is 9.97. The van der Waals surface area contributed by atoms with Crippen LogP contribution in [0.2, 0.25) is 5.02 Å². The Morgan fingerprint density at radius 2 is 2.05 bits per heavy atom. The maximum absolute atomic E-state index is 11.5. The Morgan fingerprint density at radius 3 is 2.76 bits per heavy atom. The average molecular weight is 302 g/mol. The van der Waals surface area contributed by atoms with Gasteiger partial charge in [-0.1, -0.05) is 41.4 Å². The second-order valence-electron chi connectivity index (χ2n) is 5.48. The van der Waals surface area contributed by atoms with E-state index in [0.29, 0.717) is 17.0 Å². The molecule has 0 bridgehead atoms. The molecule has 1 aliphatic rings. The van der Waals surface area contributed by atoms with E-state index in [1.165, 1.54) is 0 Å². The SMILES string of the molecule is Cc1cccc(C(O)c2cc3c(c(C)c2Cl)NC(=O)C3)c1. The highest BCUT2D eigenvalue weighted by Crippen LogP contribution is 2.39. The van der Waals surface area contributed by atoms with E-state index in [9.17, 15) is 9.90 Å². The highest BCUT2D eigenvalue weighted by Gasteiger charge is 2.25. The molecule has 2 N–H and O–H groups in total. The van der Waals surface area contributed by atoms with Gasteiger partial charge >= 0.3 is 0 Å². The Bertz CT molecular complexity index is 740. The summed E-state index contributed by atoms with van der Waals surface area (Å²) in [5, 5.41) is 14.0. The number of aliphatic hydroxyl groups excluding tert-OH is 1. The molecular formula is C17H16ClNO2. The molecule has 1 aliphatic heterocycles. The minimum absolute atomic E-state index is 0.0358. The number of nitrogens with one attached hydrogen (secondary N) is 1. The highest BCUT2D eigenvalue weighted by atomic mass is 35.5. The molecule has 1 atom stereocenters. The van der Waals surface area contributed by atoms with Crippen molar-refractivity contribution in [3.8, 4) is 0 Å². The lowest BCUT2D eigenvalue weighted by Crippen LogP contribution is -2.05. The van der Waals surface area contributed by atoms with Crippen molar-refractivity contribution in [3.63, 3.8) is 0 Å². The number of carbonyl (C=O) groups excluding carboxylic acids is 1. The first-order valence-corrected chi connectivity index (χ1v) is 7.21. The van der Waals surface area contributed by atoms with Gasteiger partial charge in [-0.05, 0) is 36.6 Å². The molecular weight excluding hydrogens is 286 g/mol. The molecule has 2 aromatic carbocycles. The molecule has 4 heteroatoms. The molecule has 0 saturated heterocycles. The molecule has 0 aliphatic carbocycles. The van der Waals surface area contributed by atoms with Gasteiger partial charge in [-0.25, -0.2) is 0 Å². The van der Waals surface area contributed by atoms with Crippen LogP contribution in [-0.4, -0.2) is 11.0 Å². The van der Waals surface area contributed by atoms with Crippen LogP contribution in [0.5, 0.6) is 0 Å². The smallest absolute Gasteiger partial charge is 0.228 e. The summed E-state index contributed by atoms with van der Waals surface area (Å²) in [4.78, 5) is 11.5. The van der Waals surface area contributed by atoms with Gasteiger partial charge in [0.2, 0.25) is 5.91 Å². The topological polar surface area (TPSA) is 49.3 Å². The quantitative estimate of drug-likeness (QED) is 0.891. The summed E-state index contributed by atoms with van der Waals surface area (Å²) < 4.78 is 0. The van der Waals surface area contributed by atoms with Crippen LogP contribution in [0.3, 0.4) is 0 Å². The fourth-order valence-corrected chi connectivity index (χ4v) is 3.03. The molecule has 1 unspecified atom stereocenters. The maximum Gasteiger partial charge on any atom is 0.228 e. The zero-order chi connectivity index (χ0) is 15.1. The van der Waals surface area contributed by atoms with Crippen LogP contribution in [0, 0.1) is 13.8 Å². The second kappa shape index (κ2) is 5.17. The highest BCUT2D eigenvalue weighted by molar-refractivity contribution is 6.33. The average Bonchev–Trinajstić information content (AvgIpc) is 2.83. The summed E-state index contributed by atoms with van der Waals surface area (Å²) in [6.45, 7) is 3.84. The summed E-state index contributed by atoms with van der Waals surface area (Å²) in [5.41, 5.74) is 5.01. The maximum atomic E-state index is 11.5. The first-order valence-electron chi connectivity index (χ1n) is 6.83. The van der Waals surface area contributed by atoms with Crippen molar-refractivity contribution in [1.82, 2.24) is 0 Å². The minimum Gasteiger partial charge on any atom is -0.384 e. The molecule has 2 aromatic rings. The Morgan fingerprint density at radius 1 is 1.29 bits per heavy atom. The van der Waals surface area contributed by atoms with Crippen LogP contribution < -0.4 is 5.32 Å². The number of aliphatic hydroxyl groups is 1. The minimum atomic E-state index is -0.794. The molecule has 3 rings (SSSR count). The van der Waals surface area contributed by atoms with Gasteiger partial charge < -0.3 is 10.4 Å². The van der Waals surface area contributed by atoms with Gasteiger partial charge in [0.1, 0.15) is 6.10 Å². The number of aryl methyl sites for hydroxylation is 1. The fourth-order valence-electron chi connectivity index (χ4n) is 2.78. The molecule has 21 heavy (non-hydrogen) atoms. The van der Waals surface area contributed by atoms with E-state index >= 15 is 0 Å². The number of carbonyl (C=O) groups is 1. The van der Waals surface area contributed by atoms with Crippen molar-refractivity contribution in [2.24, 2.45) is 0 Å². The van der Waals surface area contributed by atoms with Crippen molar-refractivity contribution in [1.29, 1.82) is 0 Å². The number of fused-ring (bicyclic) bond motifs is 1. The molecule has 0 saturated carbocycles. The second-order valence-corrected chi connectivity index (χ2v) is 5.86. The largest absolute Gasteiger partial charge is 0.384 e. The molecule has 0 aromatic heterocycles. The van der Waals surface area contributed by atoms with Crippen LogP contribution in [0.25, 0.3) is 0 Å². The van der Waals surface area contributed by atoms with E-state index in [1.54, 1.807) is 0 Å². The monoisotopic (exact) mass is 301 g/mol. The number of halogens is 1. The summed E-state index contributed by atoms with van der Waals surface area (Å²) in [7, 11) is 0. The van der Waals surface area contributed by atoms with Gasteiger partial charge in [0, 0.05) is 11.3 Å². The van der Waals surface area contributed by atoms with Crippen LogP contribution in [-0.2, 0) is 11.2 Å². The van der Waals surface area contributed by atoms with Crippen molar-refractivity contribution in [3.05, 3.63) is 63.2 Å². The van der Waals surface area contributed by atoms with Crippen molar-refractivity contribution in [2.75, 3.05) is 5.32 Å². The van der Waals surface area contributed by atoms with E-state index in [1.807, 2.05) is 44.2 Å². The number of amides is 1. The summed E-state index contributed by atoms with van der Waals surface area (Å²) in [6, 6.07) is 9.53. The third-order valence-corrected chi connectivity index (χ3v) is 4.38. The molecule has 1 heterocycles. The number of rotatable bonds is 2. The van der Waals surface area contributed by atoms with Crippen molar-refractivity contribution >= 4 is 23.2 Å². The molecule has 108 valence electrons.